The maximum atomic E-state index is 13.7. The van der Waals surface area contributed by atoms with Crippen LogP contribution < -0.4 is 11.1 Å². The van der Waals surface area contributed by atoms with E-state index in [1.807, 2.05) is 0 Å². The lowest BCUT2D eigenvalue weighted by Gasteiger charge is -2.08. The lowest BCUT2D eigenvalue weighted by atomic mass is 10.1. The number of nitrogen functional groups attached to an aromatic ring is 1. The predicted octanol–water partition coefficient (Wildman–Crippen LogP) is 1.21. The van der Waals surface area contributed by atoms with Crippen LogP contribution in [-0.2, 0) is 10.8 Å². The number of nitrogens with two attached hydrogens (primary N) is 1. The molecule has 4 nitrogen and oxygen atoms in total. The van der Waals surface area contributed by atoms with Crippen molar-refractivity contribution in [2.45, 2.75) is 13.8 Å². The summed E-state index contributed by atoms with van der Waals surface area (Å²) in [6.45, 7) is 3.61. The Balaban J connectivity index is 2.70. The van der Waals surface area contributed by atoms with E-state index in [0.717, 1.165) is 0 Å². The van der Waals surface area contributed by atoms with E-state index in [0.29, 0.717) is 22.8 Å². The smallest absolute Gasteiger partial charge is 0.254 e. The number of amides is 1. The van der Waals surface area contributed by atoms with Crippen LogP contribution >= 0.6 is 0 Å². The average molecular weight is 272 g/mol. The van der Waals surface area contributed by atoms with Gasteiger partial charge >= 0.3 is 0 Å². The molecule has 0 aliphatic heterocycles. The fraction of sp³-hybridized carbons (Fsp3) is 0.417. The van der Waals surface area contributed by atoms with Gasteiger partial charge in [0.15, 0.2) is 0 Å². The number of halogens is 1. The third-order valence-electron chi connectivity index (χ3n) is 2.46. The van der Waals surface area contributed by atoms with E-state index in [4.69, 9.17) is 5.73 Å². The highest BCUT2D eigenvalue weighted by molar-refractivity contribution is 7.84. The molecule has 1 rings (SSSR count). The Bertz CT molecular complexity index is 477. The summed E-state index contributed by atoms with van der Waals surface area (Å²) in [6.07, 6.45) is 0. The fourth-order valence-corrected chi connectivity index (χ4v) is 2.10. The molecule has 100 valence electrons. The Morgan fingerprint density at radius 1 is 1.50 bits per heavy atom. The summed E-state index contributed by atoms with van der Waals surface area (Å²) in [5, 5.41) is 2.53. The fourth-order valence-electron chi connectivity index (χ4n) is 1.48. The number of hydrogen-bond donors (Lipinski definition) is 2. The van der Waals surface area contributed by atoms with E-state index in [1.165, 1.54) is 12.1 Å². The first-order valence-electron chi connectivity index (χ1n) is 5.64. The van der Waals surface area contributed by atoms with Crippen LogP contribution in [0.2, 0.25) is 0 Å². The Hall–Kier alpha value is -1.43. The van der Waals surface area contributed by atoms with Crippen molar-refractivity contribution in [2.75, 3.05) is 23.8 Å². The third kappa shape index (κ3) is 3.80. The van der Waals surface area contributed by atoms with E-state index in [1.54, 1.807) is 13.8 Å². The Morgan fingerprint density at radius 2 is 2.17 bits per heavy atom. The van der Waals surface area contributed by atoms with Gasteiger partial charge in [0, 0.05) is 34.5 Å². The molecular formula is C12H17FN2O2S. The van der Waals surface area contributed by atoms with Gasteiger partial charge in [-0.1, -0.05) is 6.92 Å². The molecule has 0 aliphatic carbocycles. The zero-order valence-electron chi connectivity index (χ0n) is 10.5. The van der Waals surface area contributed by atoms with Crippen molar-refractivity contribution in [3.8, 4) is 0 Å². The van der Waals surface area contributed by atoms with E-state index >= 15 is 0 Å². The zero-order valence-corrected chi connectivity index (χ0v) is 11.3. The number of carbonyl (C=O) groups excluding carboxylic acids is 1. The van der Waals surface area contributed by atoms with Crippen LogP contribution in [0.3, 0.4) is 0 Å². The Morgan fingerprint density at radius 3 is 2.78 bits per heavy atom. The van der Waals surface area contributed by atoms with Gasteiger partial charge in [0.25, 0.3) is 5.91 Å². The Labute approximate surface area is 108 Å². The van der Waals surface area contributed by atoms with Crippen molar-refractivity contribution in [3.05, 3.63) is 29.1 Å². The first kappa shape index (κ1) is 14.6. The molecule has 1 aromatic rings. The first-order valence-corrected chi connectivity index (χ1v) is 7.13. The highest BCUT2D eigenvalue weighted by Gasteiger charge is 2.14. The van der Waals surface area contributed by atoms with Gasteiger partial charge in [-0.25, -0.2) is 4.39 Å². The van der Waals surface area contributed by atoms with Crippen molar-refractivity contribution in [1.29, 1.82) is 0 Å². The number of benzene rings is 1. The molecule has 0 spiro atoms. The summed E-state index contributed by atoms with van der Waals surface area (Å²) >= 11 is 0. The van der Waals surface area contributed by atoms with Crippen LogP contribution in [0.25, 0.3) is 0 Å². The van der Waals surface area contributed by atoms with Gasteiger partial charge in [0.05, 0.1) is 5.56 Å². The van der Waals surface area contributed by atoms with Crippen LogP contribution in [0.1, 0.15) is 22.8 Å². The summed E-state index contributed by atoms with van der Waals surface area (Å²) in [4.78, 5) is 11.7. The number of rotatable bonds is 5. The molecule has 1 atom stereocenters. The van der Waals surface area contributed by atoms with Crippen molar-refractivity contribution in [1.82, 2.24) is 5.32 Å². The normalized spacial score (nSPS) is 12.2. The molecule has 1 aromatic carbocycles. The van der Waals surface area contributed by atoms with E-state index in [9.17, 15) is 13.4 Å². The number of carbonyl (C=O) groups is 1. The van der Waals surface area contributed by atoms with Crippen molar-refractivity contribution in [3.63, 3.8) is 0 Å². The minimum absolute atomic E-state index is 0.0743. The van der Waals surface area contributed by atoms with Gasteiger partial charge in [-0.3, -0.25) is 9.00 Å². The first-order chi connectivity index (χ1) is 8.45. The van der Waals surface area contributed by atoms with E-state index in [-0.39, 0.29) is 12.1 Å². The van der Waals surface area contributed by atoms with E-state index in [2.05, 4.69) is 5.32 Å². The number of aryl methyl sites for hydroxylation is 1. The summed E-state index contributed by atoms with van der Waals surface area (Å²) in [7, 11) is -0.947. The molecular weight excluding hydrogens is 255 g/mol. The van der Waals surface area contributed by atoms with Gasteiger partial charge in [0.2, 0.25) is 0 Å². The highest BCUT2D eigenvalue weighted by atomic mass is 32.2. The van der Waals surface area contributed by atoms with Crippen LogP contribution in [0, 0.1) is 12.7 Å². The average Bonchev–Trinajstić information content (AvgIpc) is 2.33. The van der Waals surface area contributed by atoms with Gasteiger partial charge in [-0.15, -0.1) is 0 Å². The number of anilines is 1. The monoisotopic (exact) mass is 272 g/mol. The van der Waals surface area contributed by atoms with Crippen LogP contribution in [0.4, 0.5) is 10.1 Å². The minimum atomic E-state index is -0.947. The minimum Gasteiger partial charge on any atom is -0.399 e. The third-order valence-corrected chi connectivity index (χ3v) is 3.76. The largest absolute Gasteiger partial charge is 0.399 e. The molecule has 1 unspecified atom stereocenters. The topological polar surface area (TPSA) is 72.2 Å². The molecule has 0 saturated heterocycles. The van der Waals surface area contributed by atoms with Gasteiger partial charge in [-0.05, 0) is 24.6 Å². The molecule has 1 amide bonds. The van der Waals surface area contributed by atoms with Crippen molar-refractivity contribution < 1.29 is 13.4 Å². The van der Waals surface area contributed by atoms with Crippen LogP contribution in [0.15, 0.2) is 12.1 Å². The lowest BCUT2D eigenvalue weighted by Crippen LogP contribution is -2.29. The summed E-state index contributed by atoms with van der Waals surface area (Å²) in [6, 6.07) is 2.77. The van der Waals surface area contributed by atoms with Crippen LogP contribution in [-0.4, -0.2) is 28.2 Å². The molecule has 3 N–H and O–H groups in total. The van der Waals surface area contributed by atoms with Crippen molar-refractivity contribution in [2.24, 2.45) is 0 Å². The standard InChI is InChI=1S/C12H17FN2O2S/c1-3-18(17)5-4-15-12(16)10-7-9(14)6-8(2)11(10)13/h6-7H,3-5,14H2,1-2H3,(H,15,16). The molecule has 0 bridgehead atoms. The highest BCUT2D eigenvalue weighted by Crippen LogP contribution is 2.16. The van der Waals surface area contributed by atoms with Gasteiger partial charge in [-0.2, -0.15) is 0 Å². The molecule has 6 heteroatoms. The summed E-state index contributed by atoms with van der Waals surface area (Å²) in [5.74, 6) is -0.193. The maximum absolute atomic E-state index is 13.7. The second-order valence-corrected chi connectivity index (χ2v) is 5.75. The SMILES string of the molecule is CCS(=O)CCNC(=O)c1cc(N)cc(C)c1F. The quantitative estimate of drug-likeness (QED) is 0.791. The molecule has 0 aliphatic rings. The molecule has 0 fully saturated rings. The lowest BCUT2D eigenvalue weighted by molar-refractivity contribution is 0.0952. The molecule has 0 aromatic heterocycles. The Kier molecular flexibility index (Phi) is 5.27. The van der Waals surface area contributed by atoms with Gasteiger partial charge in [0.1, 0.15) is 5.82 Å². The molecule has 0 heterocycles. The number of nitrogens with one attached hydrogen (secondary N) is 1. The zero-order chi connectivity index (χ0) is 13.7. The second kappa shape index (κ2) is 6.49. The maximum Gasteiger partial charge on any atom is 0.254 e. The van der Waals surface area contributed by atoms with Crippen LogP contribution in [0.5, 0.6) is 0 Å². The van der Waals surface area contributed by atoms with E-state index < -0.39 is 22.5 Å². The predicted molar refractivity (Wildman–Crippen MR) is 71.4 cm³/mol. The molecule has 0 radical (unpaired) electrons. The summed E-state index contributed by atoms with van der Waals surface area (Å²) in [5.41, 5.74) is 6.17. The second-order valence-electron chi connectivity index (χ2n) is 3.89. The van der Waals surface area contributed by atoms with Gasteiger partial charge < -0.3 is 11.1 Å². The van der Waals surface area contributed by atoms with Crippen molar-refractivity contribution >= 4 is 22.4 Å². The number of hydrogen-bond acceptors (Lipinski definition) is 3. The summed E-state index contributed by atoms with van der Waals surface area (Å²) < 4.78 is 24.9. The molecule has 0 saturated carbocycles. The molecule has 18 heavy (non-hydrogen) atoms.